The highest BCUT2D eigenvalue weighted by Gasteiger charge is 2.37. The Morgan fingerprint density at radius 3 is 2.50 bits per heavy atom. The molecule has 0 saturated heterocycles. The third-order valence-corrected chi connectivity index (χ3v) is 7.40. The normalized spacial score (nSPS) is 19.2. The summed E-state index contributed by atoms with van der Waals surface area (Å²) in [5.41, 5.74) is 6.55. The summed E-state index contributed by atoms with van der Waals surface area (Å²) < 4.78 is 31.5. The third-order valence-electron chi connectivity index (χ3n) is 5.55. The Labute approximate surface area is 161 Å². The molecule has 0 atom stereocenters. The average molecular weight is 395 g/mol. The minimum absolute atomic E-state index is 0.0164. The molecule has 1 aliphatic carbocycles. The predicted octanol–water partition coefficient (Wildman–Crippen LogP) is 2.84. The van der Waals surface area contributed by atoms with E-state index in [2.05, 4.69) is 10.1 Å². The summed E-state index contributed by atoms with van der Waals surface area (Å²) in [5.74, 6) is 0.308. The van der Waals surface area contributed by atoms with Gasteiger partial charge < -0.3 is 10.3 Å². The number of carbonyl (C=O) groups excluding carboxylic acids is 1. The molecule has 3 aromatic rings. The zero-order valence-electron chi connectivity index (χ0n) is 14.9. The first-order valence-corrected chi connectivity index (χ1v) is 10.5. The van der Waals surface area contributed by atoms with E-state index in [1.807, 2.05) is 0 Å². The number of hydrogen-bond donors (Lipinski definition) is 1. The zero-order chi connectivity index (χ0) is 19.5. The molecule has 2 N–H and O–H groups in total. The smallest absolute Gasteiger partial charge is 0.258 e. The van der Waals surface area contributed by atoms with Crippen LogP contribution in [0.4, 0.5) is 0 Å². The van der Waals surface area contributed by atoms with Crippen molar-refractivity contribution in [2.75, 3.05) is 0 Å². The van der Waals surface area contributed by atoms with Crippen LogP contribution in [0, 0.1) is 0 Å². The van der Waals surface area contributed by atoms with Crippen molar-refractivity contribution in [3.8, 4) is 11.5 Å². The van der Waals surface area contributed by atoms with Gasteiger partial charge in [-0.1, -0.05) is 30.1 Å². The molecule has 2 aliphatic rings. The molecule has 1 aliphatic heterocycles. The molecular formula is C20H17N3O4S. The maximum absolute atomic E-state index is 13.1. The van der Waals surface area contributed by atoms with Crippen LogP contribution in [0.25, 0.3) is 11.5 Å². The molecule has 1 fully saturated rings. The second-order valence-corrected chi connectivity index (χ2v) is 9.21. The molecule has 0 radical (unpaired) electrons. The van der Waals surface area contributed by atoms with Gasteiger partial charge in [-0.05, 0) is 43.2 Å². The fraction of sp³-hybridized carbons (Fsp3) is 0.250. The van der Waals surface area contributed by atoms with Crippen molar-refractivity contribution in [2.45, 2.75) is 41.0 Å². The fourth-order valence-corrected chi connectivity index (χ4v) is 5.67. The van der Waals surface area contributed by atoms with Crippen molar-refractivity contribution in [1.82, 2.24) is 10.1 Å². The summed E-state index contributed by atoms with van der Waals surface area (Å²) in [5, 5.41) is 4.02. The topological polar surface area (TPSA) is 116 Å². The highest BCUT2D eigenvalue weighted by Crippen LogP contribution is 2.38. The van der Waals surface area contributed by atoms with E-state index in [1.165, 1.54) is 24.3 Å². The second-order valence-electron chi connectivity index (χ2n) is 7.33. The van der Waals surface area contributed by atoms with Crippen molar-refractivity contribution in [3.63, 3.8) is 0 Å². The van der Waals surface area contributed by atoms with Crippen molar-refractivity contribution >= 4 is 15.6 Å². The molecule has 0 unspecified atom stereocenters. The molecule has 1 saturated carbocycles. The molecule has 0 amide bonds. The molecule has 0 bridgehead atoms. The third kappa shape index (κ3) is 2.38. The molecule has 5 rings (SSSR count). The number of benzene rings is 2. The Morgan fingerprint density at radius 1 is 1.00 bits per heavy atom. The molecular weight excluding hydrogens is 378 g/mol. The van der Waals surface area contributed by atoms with Gasteiger partial charge in [0.1, 0.15) is 0 Å². The van der Waals surface area contributed by atoms with Crippen LogP contribution >= 0.6 is 0 Å². The highest BCUT2D eigenvalue weighted by molar-refractivity contribution is 7.91. The summed E-state index contributed by atoms with van der Waals surface area (Å²) in [6.07, 6.45) is 3.60. The molecule has 7 nitrogen and oxygen atoms in total. The van der Waals surface area contributed by atoms with E-state index < -0.39 is 15.4 Å². The van der Waals surface area contributed by atoms with Gasteiger partial charge in [-0.3, -0.25) is 4.79 Å². The lowest BCUT2D eigenvalue weighted by molar-refractivity contribution is 0.103. The lowest BCUT2D eigenvalue weighted by Gasteiger charge is -2.19. The molecule has 0 spiro atoms. The quantitative estimate of drug-likeness (QED) is 0.555. The Balaban J connectivity index is 1.62. The number of nitrogens with zero attached hydrogens (tertiary/aromatic N) is 2. The van der Waals surface area contributed by atoms with E-state index in [9.17, 15) is 13.2 Å². The van der Waals surface area contributed by atoms with Gasteiger partial charge in [-0.2, -0.15) is 4.98 Å². The summed E-state index contributed by atoms with van der Waals surface area (Å²) >= 11 is 0. The van der Waals surface area contributed by atoms with Crippen LogP contribution < -0.4 is 5.73 Å². The van der Waals surface area contributed by atoms with E-state index in [-0.39, 0.29) is 32.6 Å². The molecule has 142 valence electrons. The van der Waals surface area contributed by atoms with Crippen molar-refractivity contribution in [3.05, 3.63) is 59.4 Å². The minimum atomic E-state index is -3.82. The number of sulfone groups is 1. The zero-order valence-corrected chi connectivity index (χ0v) is 15.7. The van der Waals surface area contributed by atoms with E-state index >= 15 is 0 Å². The van der Waals surface area contributed by atoms with Gasteiger partial charge in [0, 0.05) is 16.7 Å². The van der Waals surface area contributed by atoms with Gasteiger partial charge in [0.15, 0.2) is 11.6 Å². The van der Waals surface area contributed by atoms with Crippen LogP contribution in [0.15, 0.2) is 56.8 Å². The minimum Gasteiger partial charge on any atom is -0.334 e. The summed E-state index contributed by atoms with van der Waals surface area (Å²) in [4.78, 5) is 17.1. The molecule has 8 heteroatoms. The Morgan fingerprint density at radius 2 is 1.71 bits per heavy atom. The van der Waals surface area contributed by atoms with Gasteiger partial charge in [0.05, 0.1) is 15.3 Å². The van der Waals surface area contributed by atoms with Gasteiger partial charge in [-0.25, -0.2) is 8.42 Å². The first kappa shape index (κ1) is 17.3. The van der Waals surface area contributed by atoms with Crippen LogP contribution in [-0.4, -0.2) is 24.3 Å². The Kier molecular flexibility index (Phi) is 3.59. The van der Waals surface area contributed by atoms with E-state index in [0.29, 0.717) is 11.4 Å². The van der Waals surface area contributed by atoms with Gasteiger partial charge >= 0.3 is 0 Å². The van der Waals surface area contributed by atoms with Crippen LogP contribution in [-0.2, 0) is 15.4 Å². The Bertz CT molecular complexity index is 1220. The average Bonchev–Trinajstić information content (AvgIpc) is 3.36. The lowest BCUT2D eigenvalue weighted by Crippen LogP contribution is -2.34. The van der Waals surface area contributed by atoms with Gasteiger partial charge in [0.2, 0.25) is 9.84 Å². The number of ketones is 1. The second kappa shape index (κ2) is 5.83. The van der Waals surface area contributed by atoms with Crippen molar-refractivity contribution in [2.24, 2.45) is 5.73 Å². The van der Waals surface area contributed by atoms with Crippen molar-refractivity contribution in [1.29, 1.82) is 0 Å². The van der Waals surface area contributed by atoms with E-state index in [1.54, 1.807) is 18.2 Å². The number of nitrogens with two attached hydrogens (primary N) is 1. The standard InChI is InChI=1S/C20H17N3O4S/c21-20(9-3-4-10-20)19-22-18(27-23-19)12-7-8-14-16(11-12)28(25,26)15-6-2-1-5-13(15)17(14)24/h1-2,5-8,11H,3-4,9-10,21H2. The van der Waals surface area contributed by atoms with Crippen LogP contribution in [0.1, 0.15) is 47.4 Å². The van der Waals surface area contributed by atoms with Gasteiger partial charge in [-0.15, -0.1) is 0 Å². The molecule has 28 heavy (non-hydrogen) atoms. The lowest BCUT2D eigenvalue weighted by atomic mass is 9.98. The molecule has 2 heterocycles. The van der Waals surface area contributed by atoms with E-state index in [0.717, 1.165) is 25.7 Å². The first-order valence-electron chi connectivity index (χ1n) is 9.06. The Hall–Kier alpha value is -2.84. The predicted molar refractivity (Wildman–Crippen MR) is 99.4 cm³/mol. The number of hydrogen-bond acceptors (Lipinski definition) is 7. The number of carbonyl (C=O) groups is 1. The SMILES string of the molecule is NC1(c2noc(-c3ccc4c(c3)S(=O)(=O)c3ccccc3C4=O)n2)CCCC1. The number of aromatic nitrogens is 2. The number of fused-ring (bicyclic) bond motifs is 2. The van der Waals surface area contributed by atoms with E-state index in [4.69, 9.17) is 10.3 Å². The summed E-state index contributed by atoms with van der Waals surface area (Å²) in [6.45, 7) is 0. The fourth-order valence-electron chi connectivity index (χ4n) is 3.99. The van der Waals surface area contributed by atoms with Crippen LogP contribution in [0.5, 0.6) is 0 Å². The summed E-state index contributed by atoms with van der Waals surface area (Å²) in [7, 11) is -3.82. The largest absolute Gasteiger partial charge is 0.334 e. The van der Waals surface area contributed by atoms with Crippen molar-refractivity contribution < 1.29 is 17.7 Å². The van der Waals surface area contributed by atoms with Crippen LogP contribution in [0.3, 0.4) is 0 Å². The first-order chi connectivity index (χ1) is 13.4. The maximum atomic E-state index is 13.1. The monoisotopic (exact) mass is 395 g/mol. The number of rotatable bonds is 2. The maximum Gasteiger partial charge on any atom is 0.258 e. The highest BCUT2D eigenvalue weighted by atomic mass is 32.2. The van der Waals surface area contributed by atoms with Crippen LogP contribution in [0.2, 0.25) is 0 Å². The molecule has 1 aromatic heterocycles. The molecule has 2 aromatic carbocycles. The van der Waals surface area contributed by atoms with Gasteiger partial charge in [0.25, 0.3) is 5.89 Å². The summed E-state index contributed by atoms with van der Waals surface area (Å²) in [6, 6.07) is 10.8.